The van der Waals surface area contributed by atoms with Gasteiger partial charge in [0.1, 0.15) is 11.2 Å². The molecule has 0 saturated heterocycles. The molecule has 0 saturated carbocycles. The molecule has 0 radical (unpaired) electrons. The van der Waals surface area contributed by atoms with Crippen LogP contribution in [0.4, 0.5) is 17.1 Å². The third-order valence-corrected chi connectivity index (χ3v) is 13.3. The number of hydrogen-bond donors (Lipinski definition) is 0. The SMILES string of the molecule is CC1(C)c2ccccc2-c2cccc(-c3ccc(N(c4ccc(-c5ccc6oc7ccccc7c6c5)cc4)c4cccc(-c5cccc(-c6cccc7ccccc67)c5)c4)cc3)c21. The molecule has 1 aliphatic carbocycles. The van der Waals surface area contributed by atoms with Gasteiger partial charge in [-0.25, -0.2) is 0 Å². The molecular formula is C61H43NO. The minimum absolute atomic E-state index is 0.102. The van der Waals surface area contributed by atoms with Crippen LogP contribution in [0.2, 0.25) is 0 Å². The molecule has 1 heterocycles. The smallest absolute Gasteiger partial charge is 0.135 e. The van der Waals surface area contributed by atoms with Gasteiger partial charge >= 0.3 is 0 Å². The standard InChI is InChI=1S/C61H43NO/c1-61(2)57-25-7-5-20-53(57)55-24-12-23-52(60(55)61)42-29-34-48(35-30-42)62(47-32-27-40(28-33-47)45-31-36-59-56(39-45)54-21-6-8-26-58(54)63-59)49-18-10-16-44(38-49)43-15-9-17-46(37-43)51-22-11-14-41-13-3-4-19-50(41)51/h3-39H,1-2H3. The first-order chi connectivity index (χ1) is 31.0. The van der Waals surface area contributed by atoms with Gasteiger partial charge in [0.2, 0.25) is 0 Å². The van der Waals surface area contributed by atoms with Crippen molar-refractivity contribution in [2.24, 2.45) is 0 Å². The zero-order chi connectivity index (χ0) is 42.1. The van der Waals surface area contributed by atoms with Crippen molar-refractivity contribution in [1.29, 1.82) is 0 Å². The van der Waals surface area contributed by atoms with Gasteiger partial charge in [-0.3, -0.25) is 0 Å². The highest BCUT2D eigenvalue weighted by molar-refractivity contribution is 6.06. The van der Waals surface area contributed by atoms with Crippen molar-refractivity contribution in [3.8, 4) is 55.6 Å². The lowest BCUT2D eigenvalue weighted by molar-refractivity contribution is 0.662. The Labute approximate surface area is 368 Å². The van der Waals surface area contributed by atoms with Gasteiger partial charge in [-0.05, 0) is 138 Å². The summed E-state index contributed by atoms with van der Waals surface area (Å²) in [5.41, 5.74) is 20.0. The Morgan fingerprint density at radius 1 is 0.333 bits per heavy atom. The Balaban J connectivity index is 0.950. The van der Waals surface area contributed by atoms with Gasteiger partial charge in [0.15, 0.2) is 0 Å². The molecule has 12 rings (SSSR count). The molecule has 10 aromatic carbocycles. The molecule has 0 unspecified atom stereocenters. The van der Waals surface area contributed by atoms with Crippen LogP contribution in [-0.2, 0) is 5.41 Å². The van der Waals surface area contributed by atoms with Gasteiger partial charge in [-0.2, -0.15) is 0 Å². The first-order valence-electron chi connectivity index (χ1n) is 21.8. The van der Waals surface area contributed by atoms with Crippen molar-refractivity contribution in [3.05, 3.63) is 236 Å². The number of fused-ring (bicyclic) bond motifs is 7. The summed E-state index contributed by atoms with van der Waals surface area (Å²) in [4.78, 5) is 2.38. The molecule has 2 heteroatoms. The van der Waals surface area contributed by atoms with E-state index in [-0.39, 0.29) is 5.41 Å². The van der Waals surface area contributed by atoms with Crippen LogP contribution in [-0.4, -0.2) is 0 Å². The van der Waals surface area contributed by atoms with Crippen LogP contribution in [0.3, 0.4) is 0 Å². The van der Waals surface area contributed by atoms with E-state index >= 15 is 0 Å². The maximum atomic E-state index is 6.16. The molecule has 0 bridgehead atoms. The number of anilines is 3. The molecule has 1 aromatic heterocycles. The predicted molar refractivity (Wildman–Crippen MR) is 265 cm³/mol. The average molecular weight is 806 g/mol. The summed E-state index contributed by atoms with van der Waals surface area (Å²) in [5.74, 6) is 0. The van der Waals surface area contributed by atoms with E-state index in [1.165, 1.54) is 60.8 Å². The summed E-state index contributed by atoms with van der Waals surface area (Å²) in [6, 6.07) is 81.7. The Morgan fingerprint density at radius 3 is 1.73 bits per heavy atom. The number of nitrogens with zero attached hydrogens (tertiary/aromatic N) is 1. The molecule has 298 valence electrons. The topological polar surface area (TPSA) is 16.4 Å². The second-order valence-corrected chi connectivity index (χ2v) is 17.3. The highest BCUT2D eigenvalue weighted by Gasteiger charge is 2.37. The summed E-state index contributed by atoms with van der Waals surface area (Å²) in [6.45, 7) is 4.72. The van der Waals surface area contributed by atoms with Crippen molar-refractivity contribution in [2.45, 2.75) is 19.3 Å². The maximum Gasteiger partial charge on any atom is 0.135 e. The minimum Gasteiger partial charge on any atom is -0.456 e. The van der Waals surface area contributed by atoms with Gasteiger partial charge in [0.05, 0.1) is 0 Å². The maximum absolute atomic E-state index is 6.16. The molecule has 0 atom stereocenters. The van der Waals surface area contributed by atoms with E-state index in [0.717, 1.165) is 55.7 Å². The third-order valence-electron chi connectivity index (χ3n) is 13.3. The first-order valence-corrected chi connectivity index (χ1v) is 21.8. The number of furan rings is 1. The van der Waals surface area contributed by atoms with Gasteiger partial charge in [0, 0.05) is 33.2 Å². The van der Waals surface area contributed by atoms with Gasteiger partial charge < -0.3 is 9.32 Å². The lowest BCUT2D eigenvalue weighted by Crippen LogP contribution is -2.16. The van der Waals surface area contributed by atoms with Crippen LogP contribution >= 0.6 is 0 Å². The van der Waals surface area contributed by atoms with Crippen molar-refractivity contribution in [3.63, 3.8) is 0 Å². The van der Waals surface area contributed by atoms with E-state index < -0.39 is 0 Å². The zero-order valence-corrected chi connectivity index (χ0v) is 35.2. The highest BCUT2D eigenvalue weighted by Crippen LogP contribution is 2.52. The molecule has 0 fully saturated rings. The van der Waals surface area contributed by atoms with Gasteiger partial charge in [-0.1, -0.05) is 178 Å². The predicted octanol–water partition coefficient (Wildman–Crippen LogP) is 17.2. The van der Waals surface area contributed by atoms with Gasteiger partial charge in [0.25, 0.3) is 0 Å². The fourth-order valence-electron chi connectivity index (χ4n) is 10.2. The molecule has 2 nitrogen and oxygen atoms in total. The van der Waals surface area contributed by atoms with E-state index in [2.05, 4.69) is 231 Å². The number of para-hydroxylation sites is 1. The average Bonchev–Trinajstić information content (AvgIpc) is 3.83. The molecule has 11 aromatic rings. The van der Waals surface area contributed by atoms with E-state index in [1.807, 2.05) is 12.1 Å². The molecule has 0 aliphatic heterocycles. The van der Waals surface area contributed by atoms with E-state index in [0.29, 0.717) is 0 Å². The lowest BCUT2D eigenvalue weighted by Gasteiger charge is -2.27. The van der Waals surface area contributed by atoms with Gasteiger partial charge in [-0.15, -0.1) is 0 Å². The van der Waals surface area contributed by atoms with Crippen LogP contribution in [0.25, 0.3) is 88.3 Å². The fraction of sp³-hybridized carbons (Fsp3) is 0.0492. The summed E-state index contributed by atoms with van der Waals surface area (Å²) in [6.07, 6.45) is 0. The summed E-state index contributed by atoms with van der Waals surface area (Å²) in [7, 11) is 0. The second kappa shape index (κ2) is 14.6. The molecule has 0 N–H and O–H groups in total. The Kier molecular flexibility index (Phi) is 8.55. The van der Waals surface area contributed by atoms with Crippen LogP contribution in [0.15, 0.2) is 229 Å². The van der Waals surface area contributed by atoms with Crippen LogP contribution < -0.4 is 4.90 Å². The minimum atomic E-state index is -0.102. The second-order valence-electron chi connectivity index (χ2n) is 17.3. The van der Waals surface area contributed by atoms with E-state index in [1.54, 1.807) is 0 Å². The fourth-order valence-corrected chi connectivity index (χ4v) is 10.2. The van der Waals surface area contributed by atoms with Crippen LogP contribution in [0.1, 0.15) is 25.0 Å². The number of hydrogen-bond acceptors (Lipinski definition) is 2. The van der Waals surface area contributed by atoms with Crippen LogP contribution in [0.5, 0.6) is 0 Å². The zero-order valence-electron chi connectivity index (χ0n) is 35.2. The van der Waals surface area contributed by atoms with Crippen molar-refractivity contribution < 1.29 is 4.42 Å². The summed E-state index contributed by atoms with van der Waals surface area (Å²) < 4.78 is 6.16. The van der Waals surface area contributed by atoms with Crippen LogP contribution in [0, 0.1) is 0 Å². The number of benzene rings is 10. The van der Waals surface area contributed by atoms with Crippen molar-refractivity contribution in [1.82, 2.24) is 0 Å². The highest BCUT2D eigenvalue weighted by atomic mass is 16.3. The molecule has 0 amide bonds. The number of rotatable bonds is 7. The van der Waals surface area contributed by atoms with E-state index in [9.17, 15) is 0 Å². The third kappa shape index (κ3) is 6.17. The lowest BCUT2D eigenvalue weighted by atomic mass is 9.79. The monoisotopic (exact) mass is 805 g/mol. The normalized spacial score (nSPS) is 12.7. The summed E-state index contributed by atoms with van der Waals surface area (Å²) in [5, 5.41) is 4.77. The van der Waals surface area contributed by atoms with Crippen molar-refractivity contribution >= 4 is 49.8 Å². The molecule has 63 heavy (non-hydrogen) atoms. The van der Waals surface area contributed by atoms with Crippen molar-refractivity contribution in [2.75, 3.05) is 4.90 Å². The Bertz CT molecular complexity index is 3530. The quantitative estimate of drug-likeness (QED) is 0.160. The van der Waals surface area contributed by atoms with E-state index in [4.69, 9.17) is 4.42 Å². The molecule has 0 spiro atoms. The largest absolute Gasteiger partial charge is 0.456 e. The Hall–Kier alpha value is -7.94. The molecule has 1 aliphatic rings. The first kappa shape index (κ1) is 36.9. The Morgan fingerprint density at radius 2 is 0.889 bits per heavy atom. The molecular weight excluding hydrogens is 763 g/mol. The summed E-state index contributed by atoms with van der Waals surface area (Å²) >= 11 is 0.